The highest BCUT2D eigenvalue weighted by Crippen LogP contribution is 2.37. The molecule has 1 N–H and O–H groups in total. The first-order valence-electron chi connectivity index (χ1n) is 2.89. The summed E-state index contributed by atoms with van der Waals surface area (Å²) in [4.78, 5) is 0. The molecule has 0 aliphatic rings. The van der Waals surface area contributed by atoms with Gasteiger partial charge in [0, 0.05) is 15.4 Å². The predicted octanol–water partition coefficient (Wildman–Crippen LogP) is 3.11. The Morgan fingerprint density at radius 2 is 2.00 bits per heavy atom. The average Bonchev–Trinajstić information content (AvgIpc) is 2.31. The zero-order valence-corrected chi connectivity index (χ0v) is 8.00. The predicted molar refractivity (Wildman–Crippen MR) is 43.0 cm³/mol. The topological polar surface area (TPSA) is 20.2 Å². The van der Waals surface area contributed by atoms with Crippen LogP contribution in [0.1, 0.15) is 11.7 Å². The molecule has 0 radical (unpaired) electrons. The van der Waals surface area contributed by atoms with E-state index in [9.17, 15) is 13.2 Å². The SMILES string of the molecule is O[C@@H](c1cscc1Br)C(F)(F)F. The maximum absolute atomic E-state index is 11.9. The molecule has 0 aliphatic heterocycles. The van der Waals surface area contributed by atoms with Crippen molar-refractivity contribution in [3.63, 3.8) is 0 Å². The molecule has 0 spiro atoms. The highest BCUT2D eigenvalue weighted by Gasteiger charge is 2.40. The van der Waals surface area contributed by atoms with Crippen molar-refractivity contribution < 1.29 is 18.3 Å². The lowest BCUT2D eigenvalue weighted by Gasteiger charge is -2.13. The van der Waals surface area contributed by atoms with E-state index in [1.807, 2.05) is 0 Å². The molecule has 0 saturated heterocycles. The largest absolute Gasteiger partial charge is 0.418 e. The molecule has 12 heavy (non-hydrogen) atoms. The zero-order chi connectivity index (χ0) is 9.35. The maximum Gasteiger partial charge on any atom is 0.418 e. The third-order valence-electron chi connectivity index (χ3n) is 1.25. The molecule has 1 heterocycles. The van der Waals surface area contributed by atoms with Crippen LogP contribution in [0.3, 0.4) is 0 Å². The zero-order valence-electron chi connectivity index (χ0n) is 5.60. The van der Waals surface area contributed by atoms with Gasteiger partial charge in [-0.25, -0.2) is 0 Å². The molecule has 0 unspecified atom stereocenters. The second kappa shape index (κ2) is 3.35. The van der Waals surface area contributed by atoms with Gasteiger partial charge in [-0.05, 0) is 21.3 Å². The van der Waals surface area contributed by atoms with Gasteiger partial charge in [0.2, 0.25) is 0 Å². The Balaban J connectivity index is 2.92. The minimum absolute atomic E-state index is 0.132. The van der Waals surface area contributed by atoms with Crippen molar-refractivity contribution in [2.45, 2.75) is 12.3 Å². The molecule has 0 amide bonds. The molecule has 1 rings (SSSR count). The second-order valence-electron chi connectivity index (χ2n) is 2.12. The summed E-state index contributed by atoms with van der Waals surface area (Å²) in [5.74, 6) is 0. The van der Waals surface area contributed by atoms with Gasteiger partial charge < -0.3 is 5.11 Å². The van der Waals surface area contributed by atoms with Gasteiger partial charge in [0.1, 0.15) is 0 Å². The van der Waals surface area contributed by atoms with Gasteiger partial charge >= 0.3 is 6.18 Å². The first kappa shape index (κ1) is 10.0. The third-order valence-corrected chi connectivity index (χ3v) is 3.00. The van der Waals surface area contributed by atoms with Crippen molar-refractivity contribution in [2.75, 3.05) is 0 Å². The normalized spacial score (nSPS) is 14.8. The number of hydrogen-bond donors (Lipinski definition) is 1. The molecule has 6 heteroatoms. The molecule has 0 bridgehead atoms. The average molecular weight is 261 g/mol. The van der Waals surface area contributed by atoms with Gasteiger partial charge in [-0.2, -0.15) is 24.5 Å². The molecule has 0 saturated carbocycles. The Morgan fingerprint density at radius 3 is 2.33 bits per heavy atom. The molecule has 0 aliphatic carbocycles. The van der Waals surface area contributed by atoms with Crippen LogP contribution in [0.25, 0.3) is 0 Å². The van der Waals surface area contributed by atoms with Crippen molar-refractivity contribution >= 4 is 27.3 Å². The first-order valence-corrected chi connectivity index (χ1v) is 4.63. The molecule has 68 valence electrons. The van der Waals surface area contributed by atoms with E-state index in [-0.39, 0.29) is 10.0 Å². The monoisotopic (exact) mass is 260 g/mol. The molecular formula is C6H4BrF3OS. The van der Waals surface area contributed by atoms with Crippen LogP contribution in [0.5, 0.6) is 0 Å². The van der Waals surface area contributed by atoms with Crippen molar-refractivity contribution in [2.24, 2.45) is 0 Å². The van der Waals surface area contributed by atoms with Crippen molar-refractivity contribution in [3.8, 4) is 0 Å². The van der Waals surface area contributed by atoms with E-state index in [0.29, 0.717) is 0 Å². The molecule has 0 fully saturated rings. The highest BCUT2D eigenvalue weighted by atomic mass is 79.9. The Labute approximate surface area is 79.0 Å². The maximum atomic E-state index is 11.9. The Bertz CT molecular complexity index is 270. The van der Waals surface area contributed by atoms with Crippen LogP contribution in [0.2, 0.25) is 0 Å². The molecule has 1 nitrogen and oxygen atoms in total. The van der Waals surface area contributed by atoms with Crippen LogP contribution in [0.15, 0.2) is 15.2 Å². The summed E-state index contributed by atoms with van der Waals surface area (Å²) in [5.41, 5.74) is -0.132. The molecule has 1 aromatic rings. The third kappa shape index (κ3) is 1.99. The van der Waals surface area contributed by atoms with Crippen molar-refractivity contribution in [1.82, 2.24) is 0 Å². The second-order valence-corrected chi connectivity index (χ2v) is 3.72. The van der Waals surface area contributed by atoms with Crippen LogP contribution >= 0.6 is 27.3 Å². The fourth-order valence-corrected chi connectivity index (χ4v) is 2.20. The summed E-state index contributed by atoms with van der Waals surface area (Å²) in [5, 5.41) is 11.5. The fourth-order valence-electron chi connectivity index (χ4n) is 0.663. The number of halogens is 4. The summed E-state index contributed by atoms with van der Waals surface area (Å²) in [6.45, 7) is 0. The minimum Gasteiger partial charge on any atom is -0.379 e. The van der Waals surface area contributed by atoms with E-state index in [4.69, 9.17) is 5.11 Å². The summed E-state index contributed by atoms with van der Waals surface area (Å²) < 4.78 is 36.1. The number of thiophene rings is 1. The number of rotatable bonds is 1. The molecule has 1 atom stereocenters. The van der Waals surface area contributed by atoms with Crippen LogP contribution < -0.4 is 0 Å². The van der Waals surface area contributed by atoms with Crippen molar-refractivity contribution in [1.29, 1.82) is 0 Å². The lowest BCUT2D eigenvalue weighted by molar-refractivity contribution is -0.206. The fraction of sp³-hybridized carbons (Fsp3) is 0.333. The Hall–Kier alpha value is -0.0700. The van der Waals surface area contributed by atoms with Crippen molar-refractivity contribution in [3.05, 3.63) is 20.8 Å². The summed E-state index contributed by atoms with van der Waals surface area (Å²) >= 11 is 4.01. The number of alkyl halides is 3. The van der Waals surface area contributed by atoms with Gasteiger partial charge in [-0.3, -0.25) is 0 Å². The first-order chi connectivity index (χ1) is 5.43. The van der Waals surface area contributed by atoms with Gasteiger partial charge in [-0.15, -0.1) is 0 Å². The van der Waals surface area contributed by atoms with E-state index in [2.05, 4.69) is 15.9 Å². The Morgan fingerprint density at radius 1 is 1.42 bits per heavy atom. The number of hydrogen-bond acceptors (Lipinski definition) is 2. The summed E-state index contributed by atoms with van der Waals surface area (Å²) in [6, 6.07) is 0. The summed E-state index contributed by atoms with van der Waals surface area (Å²) in [7, 11) is 0. The van der Waals surface area contributed by atoms with Gasteiger partial charge in [0.15, 0.2) is 6.10 Å². The number of aliphatic hydroxyl groups excluding tert-OH is 1. The van der Waals surface area contributed by atoms with Gasteiger partial charge in [0.05, 0.1) is 0 Å². The highest BCUT2D eigenvalue weighted by molar-refractivity contribution is 9.10. The van der Waals surface area contributed by atoms with Gasteiger partial charge in [0.25, 0.3) is 0 Å². The summed E-state index contributed by atoms with van der Waals surface area (Å²) in [6.07, 6.45) is -6.98. The molecular weight excluding hydrogens is 257 g/mol. The van der Waals surface area contributed by atoms with Crippen LogP contribution in [0, 0.1) is 0 Å². The smallest absolute Gasteiger partial charge is 0.379 e. The van der Waals surface area contributed by atoms with Gasteiger partial charge in [-0.1, -0.05) is 0 Å². The van der Waals surface area contributed by atoms with E-state index in [1.54, 1.807) is 0 Å². The van der Waals surface area contributed by atoms with E-state index < -0.39 is 12.3 Å². The standard InChI is InChI=1S/C6H4BrF3OS/c7-4-2-12-1-3(4)5(11)6(8,9)10/h1-2,5,11H/t5-/m0/s1. The van der Waals surface area contributed by atoms with E-state index in [1.165, 1.54) is 10.8 Å². The minimum atomic E-state index is -4.59. The Kier molecular flexibility index (Phi) is 2.80. The van der Waals surface area contributed by atoms with Crippen LogP contribution in [-0.4, -0.2) is 11.3 Å². The van der Waals surface area contributed by atoms with Crippen LogP contribution in [0.4, 0.5) is 13.2 Å². The van der Waals surface area contributed by atoms with Crippen LogP contribution in [-0.2, 0) is 0 Å². The quantitative estimate of drug-likeness (QED) is 0.823. The lowest BCUT2D eigenvalue weighted by atomic mass is 10.2. The molecule has 0 aromatic carbocycles. The van der Waals surface area contributed by atoms with E-state index in [0.717, 1.165) is 11.3 Å². The van der Waals surface area contributed by atoms with E-state index >= 15 is 0 Å². The lowest BCUT2D eigenvalue weighted by Crippen LogP contribution is -2.19. The molecule has 1 aromatic heterocycles. The number of aliphatic hydroxyl groups is 1.